The molecule has 5 heavy (non-hydrogen) atoms. The van der Waals surface area contributed by atoms with Gasteiger partial charge in [-0.3, -0.25) is 0 Å². The monoisotopic (exact) mass is 297 g/mol. The Balaban J connectivity index is 0. The van der Waals surface area contributed by atoms with Crippen molar-refractivity contribution in [1.29, 1.82) is 0 Å². The van der Waals surface area contributed by atoms with Crippen LogP contribution in [0.15, 0.2) is 0 Å². The first-order chi connectivity index (χ1) is 0. The van der Waals surface area contributed by atoms with Crippen molar-refractivity contribution in [3.8, 4) is 0 Å². The van der Waals surface area contributed by atoms with Gasteiger partial charge < -0.3 is 40.5 Å². The van der Waals surface area contributed by atoms with E-state index >= 15 is 0 Å². The zero-order chi connectivity index (χ0) is 0. The summed E-state index contributed by atoms with van der Waals surface area (Å²) in [6, 6.07) is 0. The Morgan fingerprint density at radius 2 is 0.600 bits per heavy atom. The van der Waals surface area contributed by atoms with E-state index in [1.54, 1.807) is 0 Å². The Bertz CT molecular complexity index is 6.85. The third kappa shape index (κ3) is 21.7. The van der Waals surface area contributed by atoms with Crippen LogP contribution in [0.1, 0.15) is 0 Å². The van der Waals surface area contributed by atoms with Crippen molar-refractivity contribution in [2.75, 3.05) is 0 Å². The Hall–Kier alpha value is 2.36. The van der Waals surface area contributed by atoms with Crippen molar-refractivity contribution in [2.45, 2.75) is 0 Å². The Labute approximate surface area is 80.2 Å². The molecule has 0 heterocycles. The largest absolute Gasteiger partial charge is 6.00 e. The van der Waals surface area contributed by atoms with Crippen LogP contribution in [0.3, 0.4) is 0 Å². The van der Waals surface area contributed by atoms with E-state index in [0.29, 0.717) is 0 Å². The summed E-state index contributed by atoms with van der Waals surface area (Å²) in [7, 11) is 0. The van der Waals surface area contributed by atoms with E-state index in [-0.39, 0.29) is 81.0 Å². The first-order valence-electron chi connectivity index (χ1n) is 0. The van der Waals surface area contributed by atoms with Crippen molar-refractivity contribution in [3.63, 3.8) is 0 Å². The maximum atomic E-state index is 0. The second-order valence-corrected chi connectivity index (χ2v) is 0. The molecule has 0 spiro atoms. The van der Waals surface area contributed by atoms with Crippen LogP contribution < -0.4 is 0 Å². The van der Waals surface area contributed by atoms with Crippen LogP contribution >= 0.6 is 0 Å². The van der Waals surface area contributed by atoms with Gasteiger partial charge >= 0.3 is 21.1 Å². The second-order valence-electron chi connectivity index (χ2n) is 0. The maximum absolute atomic E-state index is 0. The Morgan fingerprint density at radius 1 is 0.600 bits per heavy atom. The molecule has 0 aliphatic carbocycles. The summed E-state index contributed by atoms with van der Waals surface area (Å²) in [6.07, 6.45) is 0. The van der Waals surface area contributed by atoms with Gasteiger partial charge in [-0.15, -0.1) is 0 Å². The second kappa shape index (κ2) is 32.8. The van der Waals surface area contributed by atoms with Gasteiger partial charge in [0, 0.05) is 19.5 Å². The van der Waals surface area contributed by atoms with Gasteiger partial charge in [0.1, 0.15) is 0 Å². The average molecular weight is 295 g/mol. The van der Waals surface area contributed by atoms with E-state index < -0.39 is 0 Å². The van der Waals surface area contributed by atoms with Gasteiger partial charge in [-0.2, -0.15) is 0 Å². The minimum Gasteiger partial charge on any atom is -2.00 e. The molecule has 0 fully saturated rings. The van der Waals surface area contributed by atoms with Gasteiger partial charge in [0.15, 0.2) is 0 Å². The SMILES string of the molecule is [Mo+6].[Rh].[S-2].[S-2].[S-2]. The summed E-state index contributed by atoms with van der Waals surface area (Å²) >= 11 is 0. The third-order valence-corrected chi connectivity index (χ3v) is 0. The quantitative estimate of drug-likeness (QED) is 0.551. The van der Waals surface area contributed by atoms with E-state index in [1.165, 1.54) is 0 Å². The molecule has 0 aromatic carbocycles. The average Bonchev–Trinajstić information content (AvgIpc) is 0. The van der Waals surface area contributed by atoms with Crippen LogP contribution in [0, 0.1) is 0 Å². The molecule has 0 nitrogen and oxygen atoms in total. The first kappa shape index (κ1) is 53.4. The van der Waals surface area contributed by atoms with Crippen molar-refractivity contribution < 1.29 is 40.5 Å². The van der Waals surface area contributed by atoms with E-state index in [0.717, 1.165) is 0 Å². The zero-order valence-corrected chi connectivity index (χ0v) is 8.06. The normalized spacial score (nSPS) is 0. The number of hydrogen-bond donors (Lipinski definition) is 0. The molecule has 5 heteroatoms. The molecule has 0 saturated carbocycles. The fraction of sp³-hybridized carbons (Fsp3) is 0. The van der Waals surface area contributed by atoms with E-state index in [9.17, 15) is 0 Å². The molecule has 0 aliphatic heterocycles. The Morgan fingerprint density at radius 3 is 0.600 bits per heavy atom. The molecule has 0 bridgehead atoms. The van der Waals surface area contributed by atoms with Gasteiger partial charge in [-0.1, -0.05) is 0 Å². The number of hydrogen-bond acceptors (Lipinski definition) is 0. The fourth-order valence-corrected chi connectivity index (χ4v) is 0. The molecule has 1 radical (unpaired) electrons. The molecule has 0 aromatic rings. The summed E-state index contributed by atoms with van der Waals surface area (Å²) in [5.74, 6) is 0. The summed E-state index contributed by atoms with van der Waals surface area (Å²) < 4.78 is 0. The summed E-state index contributed by atoms with van der Waals surface area (Å²) in [6.45, 7) is 0. The van der Waals surface area contributed by atoms with Crippen LogP contribution in [0.25, 0.3) is 0 Å². The van der Waals surface area contributed by atoms with Crippen molar-refractivity contribution in [2.24, 2.45) is 0 Å². The van der Waals surface area contributed by atoms with Gasteiger partial charge in [-0.05, 0) is 0 Å². The van der Waals surface area contributed by atoms with Crippen molar-refractivity contribution in [1.82, 2.24) is 0 Å². The molecule has 0 rings (SSSR count). The predicted molar refractivity (Wildman–Crippen MR) is 22.1 cm³/mol. The fourth-order valence-electron chi connectivity index (χ4n) is 0. The van der Waals surface area contributed by atoms with E-state index in [4.69, 9.17) is 0 Å². The minimum absolute atomic E-state index is 0. The molecule has 0 saturated heterocycles. The van der Waals surface area contributed by atoms with Gasteiger partial charge in [0.2, 0.25) is 0 Å². The first-order valence-corrected chi connectivity index (χ1v) is 0. The molecule has 0 unspecified atom stereocenters. The van der Waals surface area contributed by atoms with Crippen molar-refractivity contribution in [3.05, 3.63) is 0 Å². The minimum atomic E-state index is 0. The molecule has 0 amide bonds. The molecule has 0 aromatic heterocycles. The van der Waals surface area contributed by atoms with Crippen LogP contribution in [0.2, 0.25) is 0 Å². The smallest absolute Gasteiger partial charge is 2.00 e. The standard InChI is InChI=1S/Mo.Rh.3S/q+6;;3*-2. The van der Waals surface area contributed by atoms with Crippen LogP contribution in [0.4, 0.5) is 0 Å². The molecular formula is MoRhS3. The Kier molecular flexibility index (Phi) is 350. The molecule has 0 atom stereocenters. The summed E-state index contributed by atoms with van der Waals surface area (Å²) in [4.78, 5) is 0. The van der Waals surface area contributed by atoms with Gasteiger partial charge in [0.05, 0.1) is 0 Å². The molecule has 33 valence electrons. The van der Waals surface area contributed by atoms with Gasteiger partial charge in [0.25, 0.3) is 0 Å². The predicted octanol–water partition coefficient (Wildman–Crippen LogP) is -0.0122. The van der Waals surface area contributed by atoms with E-state index in [2.05, 4.69) is 0 Å². The summed E-state index contributed by atoms with van der Waals surface area (Å²) in [5.41, 5.74) is 0. The molecule has 0 aliphatic rings. The van der Waals surface area contributed by atoms with Gasteiger partial charge in [-0.25, -0.2) is 0 Å². The van der Waals surface area contributed by atoms with Crippen LogP contribution in [-0.4, -0.2) is 0 Å². The van der Waals surface area contributed by atoms with E-state index in [1.807, 2.05) is 0 Å². The number of rotatable bonds is 0. The zero-order valence-electron chi connectivity index (χ0n) is 1.97. The van der Waals surface area contributed by atoms with Crippen molar-refractivity contribution >= 4 is 40.5 Å². The molecule has 0 N–H and O–H groups in total. The van der Waals surface area contributed by atoms with Crippen LogP contribution in [-0.2, 0) is 81.0 Å². The molecular weight excluding hydrogens is 295 g/mol. The maximum Gasteiger partial charge on any atom is 6.00 e. The summed E-state index contributed by atoms with van der Waals surface area (Å²) in [5, 5.41) is 0. The van der Waals surface area contributed by atoms with Crippen LogP contribution in [0.5, 0.6) is 0 Å². The third-order valence-electron chi connectivity index (χ3n) is 0. The topological polar surface area (TPSA) is 0 Å².